The van der Waals surface area contributed by atoms with Crippen LogP contribution in [0.4, 0.5) is 5.69 Å². The van der Waals surface area contributed by atoms with Gasteiger partial charge in [0.1, 0.15) is 11.5 Å². The van der Waals surface area contributed by atoms with Crippen molar-refractivity contribution in [2.24, 2.45) is 0 Å². The number of nitro groups is 1. The number of aryl methyl sites for hydroxylation is 1. The number of non-ortho nitro benzene ring substituents is 1. The molecule has 7 heteroatoms. The second-order valence-corrected chi connectivity index (χ2v) is 6.54. The van der Waals surface area contributed by atoms with Gasteiger partial charge >= 0.3 is 0 Å². The largest absolute Gasteiger partial charge is 0.457 e. The average Bonchev–Trinajstić information content (AvgIpc) is 2.75. The first-order valence-electron chi connectivity index (χ1n) is 10.0. The first-order chi connectivity index (χ1) is 13.8. The maximum Gasteiger partial charge on any atom is 0.269 e. The van der Waals surface area contributed by atoms with E-state index in [9.17, 15) is 18.5 Å². The third kappa shape index (κ3) is 11.9. The number of hydrogen-bond acceptors (Lipinski definition) is 5. The molecular formula is C22H37NO5S. The molecule has 0 N–H and O–H groups in total. The molecule has 0 bridgehead atoms. The zero-order valence-electron chi connectivity index (χ0n) is 19.4. The van der Waals surface area contributed by atoms with Gasteiger partial charge in [0.2, 0.25) is 0 Å². The summed E-state index contributed by atoms with van der Waals surface area (Å²) < 4.78 is 28.8. The topological polar surface area (TPSA) is 86.5 Å². The minimum Gasteiger partial charge on any atom is -0.457 e. The van der Waals surface area contributed by atoms with E-state index in [4.69, 9.17) is 4.74 Å². The molecule has 0 unspecified atom stereocenters. The van der Waals surface area contributed by atoms with Gasteiger partial charge < -0.3 is 4.74 Å². The summed E-state index contributed by atoms with van der Waals surface area (Å²) in [6, 6.07) is 10.3. The van der Waals surface area contributed by atoms with Crippen molar-refractivity contribution in [3.8, 4) is 11.5 Å². The van der Waals surface area contributed by atoms with E-state index < -0.39 is 14.8 Å². The predicted molar refractivity (Wildman–Crippen MR) is 123 cm³/mol. The number of sulfone groups is 1. The van der Waals surface area contributed by atoms with Crippen LogP contribution < -0.4 is 4.74 Å². The van der Waals surface area contributed by atoms with Gasteiger partial charge in [-0.15, -0.1) is 0 Å². The smallest absolute Gasteiger partial charge is 0.269 e. The monoisotopic (exact) mass is 427 g/mol. The van der Waals surface area contributed by atoms with E-state index in [2.05, 4.69) is 0 Å². The van der Waals surface area contributed by atoms with Crippen LogP contribution in [0.5, 0.6) is 11.5 Å². The summed E-state index contributed by atoms with van der Waals surface area (Å²) in [4.78, 5) is 10.3. The van der Waals surface area contributed by atoms with Crippen molar-refractivity contribution in [3.63, 3.8) is 0 Å². The van der Waals surface area contributed by atoms with E-state index >= 15 is 0 Å². The summed E-state index contributed by atoms with van der Waals surface area (Å²) >= 11 is 0. The number of nitrogens with zero attached hydrogens (tertiary/aromatic N) is 1. The molecule has 29 heavy (non-hydrogen) atoms. The first kappa shape index (κ1) is 31.3. The van der Waals surface area contributed by atoms with Crippen molar-refractivity contribution >= 4 is 15.5 Å². The zero-order chi connectivity index (χ0) is 23.6. The van der Waals surface area contributed by atoms with Gasteiger partial charge in [0, 0.05) is 18.4 Å². The molecule has 0 radical (unpaired) electrons. The molecule has 0 aliphatic carbocycles. The second-order valence-electron chi connectivity index (χ2n) is 4.55. The Balaban J connectivity index is -0.000000754. The number of hydrogen-bond donors (Lipinski definition) is 0. The lowest BCUT2D eigenvalue weighted by Gasteiger charge is -2.09. The van der Waals surface area contributed by atoms with Crippen LogP contribution in [-0.4, -0.2) is 19.6 Å². The van der Waals surface area contributed by atoms with Gasteiger partial charge in [-0.1, -0.05) is 61.5 Å². The Labute approximate surface area is 177 Å². The van der Waals surface area contributed by atoms with Crippen LogP contribution >= 0.6 is 0 Å². The minimum atomic E-state index is -3.34. The lowest BCUT2D eigenvalue weighted by molar-refractivity contribution is -0.384. The van der Waals surface area contributed by atoms with Gasteiger partial charge in [-0.2, -0.15) is 0 Å². The Hall–Kier alpha value is -2.41. The van der Waals surface area contributed by atoms with Crippen LogP contribution in [0.3, 0.4) is 0 Å². The SMILES string of the molecule is CC.CC.CC.CC.Cc1ccc(Oc2ccc([N+](=O)[O-])cc2)cc1S(C)(=O)=O. The van der Waals surface area contributed by atoms with Crippen LogP contribution in [-0.2, 0) is 9.84 Å². The van der Waals surface area contributed by atoms with Gasteiger partial charge in [0.05, 0.1) is 9.82 Å². The molecule has 0 saturated carbocycles. The second kappa shape index (κ2) is 17.7. The highest BCUT2D eigenvalue weighted by molar-refractivity contribution is 7.90. The molecule has 0 spiro atoms. The maximum atomic E-state index is 11.6. The first-order valence-corrected chi connectivity index (χ1v) is 11.9. The fraction of sp³-hybridized carbons (Fsp3) is 0.455. The molecule has 0 aromatic heterocycles. The third-order valence-corrected chi connectivity index (χ3v) is 4.08. The number of nitro benzene ring substituents is 1. The molecule has 6 nitrogen and oxygen atoms in total. The fourth-order valence-corrected chi connectivity index (χ4v) is 2.80. The molecule has 2 rings (SSSR count). The van der Waals surface area contributed by atoms with Gasteiger partial charge in [-0.25, -0.2) is 8.42 Å². The van der Waals surface area contributed by atoms with E-state index in [-0.39, 0.29) is 10.6 Å². The Kier molecular flexibility index (Phi) is 19.1. The zero-order valence-corrected chi connectivity index (χ0v) is 20.3. The van der Waals surface area contributed by atoms with Crippen molar-refractivity contribution in [3.05, 3.63) is 58.1 Å². The van der Waals surface area contributed by atoms with Crippen molar-refractivity contribution < 1.29 is 18.1 Å². The Morgan fingerprint density at radius 2 is 1.21 bits per heavy atom. The van der Waals surface area contributed by atoms with Crippen molar-refractivity contribution in [2.75, 3.05) is 6.26 Å². The highest BCUT2D eigenvalue weighted by Gasteiger charge is 2.12. The maximum absolute atomic E-state index is 11.6. The summed E-state index contributed by atoms with van der Waals surface area (Å²) in [5.74, 6) is 0.749. The molecule has 0 atom stereocenters. The molecule has 0 amide bonds. The molecule has 0 saturated heterocycles. The van der Waals surface area contributed by atoms with Crippen LogP contribution in [0.25, 0.3) is 0 Å². The van der Waals surface area contributed by atoms with Crippen LogP contribution in [0.15, 0.2) is 47.4 Å². The van der Waals surface area contributed by atoms with Crippen molar-refractivity contribution in [1.29, 1.82) is 0 Å². The van der Waals surface area contributed by atoms with Gasteiger partial charge in [0.15, 0.2) is 9.84 Å². The van der Waals surface area contributed by atoms with Crippen molar-refractivity contribution in [1.82, 2.24) is 0 Å². The quantitative estimate of drug-likeness (QED) is 0.380. The van der Waals surface area contributed by atoms with Crippen LogP contribution in [0.2, 0.25) is 0 Å². The molecule has 166 valence electrons. The minimum absolute atomic E-state index is 0.0388. The van der Waals surface area contributed by atoms with Crippen LogP contribution in [0.1, 0.15) is 61.0 Å². The van der Waals surface area contributed by atoms with Crippen molar-refractivity contribution in [2.45, 2.75) is 67.2 Å². The van der Waals surface area contributed by atoms with E-state index in [0.717, 1.165) is 6.26 Å². The summed E-state index contributed by atoms with van der Waals surface area (Å²) in [5.41, 5.74) is 0.594. The third-order valence-electron chi connectivity index (χ3n) is 2.84. The Bertz CT molecular complexity index is 785. The molecule has 0 heterocycles. The summed E-state index contributed by atoms with van der Waals surface area (Å²) in [6.07, 6.45) is 1.13. The molecular weight excluding hydrogens is 390 g/mol. The Morgan fingerprint density at radius 3 is 1.59 bits per heavy atom. The Morgan fingerprint density at radius 1 is 0.793 bits per heavy atom. The standard InChI is InChI=1S/C14H13NO5S.4C2H6/c1-10-3-6-13(9-14(10)21(2,18)19)20-12-7-4-11(5-8-12)15(16)17;4*1-2/h3-9H,1-2H3;4*1-2H3. The fourth-order valence-electron chi connectivity index (χ4n) is 1.82. The number of ether oxygens (including phenoxy) is 1. The number of benzene rings is 2. The molecule has 0 aliphatic heterocycles. The lowest BCUT2D eigenvalue weighted by atomic mass is 10.2. The summed E-state index contributed by atoms with van der Waals surface area (Å²) in [5, 5.41) is 10.6. The van der Waals surface area contributed by atoms with E-state index in [0.29, 0.717) is 17.1 Å². The van der Waals surface area contributed by atoms with Gasteiger partial charge in [-0.3, -0.25) is 10.1 Å². The highest BCUT2D eigenvalue weighted by atomic mass is 32.2. The normalized spacial score (nSPS) is 8.90. The number of rotatable bonds is 4. The molecule has 0 fully saturated rings. The summed E-state index contributed by atoms with van der Waals surface area (Å²) in [7, 11) is -3.34. The molecule has 0 aliphatic rings. The molecule has 2 aromatic carbocycles. The van der Waals surface area contributed by atoms with E-state index in [1.165, 1.54) is 30.3 Å². The summed E-state index contributed by atoms with van der Waals surface area (Å²) in [6.45, 7) is 17.7. The van der Waals surface area contributed by atoms with E-state index in [1.807, 2.05) is 55.4 Å². The van der Waals surface area contributed by atoms with Crippen LogP contribution in [0, 0.1) is 17.0 Å². The van der Waals surface area contributed by atoms with E-state index in [1.54, 1.807) is 19.1 Å². The average molecular weight is 428 g/mol. The lowest BCUT2D eigenvalue weighted by Crippen LogP contribution is -2.00. The predicted octanol–water partition coefficient (Wildman–Crippen LogP) is 7.20. The van der Waals surface area contributed by atoms with Gasteiger partial charge in [-0.05, 0) is 36.8 Å². The highest BCUT2D eigenvalue weighted by Crippen LogP contribution is 2.27. The molecule has 2 aromatic rings. The van der Waals surface area contributed by atoms with Gasteiger partial charge in [0.25, 0.3) is 5.69 Å².